The first kappa shape index (κ1) is 14.2. The van der Waals surface area contributed by atoms with E-state index in [0.29, 0.717) is 0 Å². The van der Waals surface area contributed by atoms with Crippen LogP contribution < -0.4 is 5.32 Å². The van der Waals surface area contributed by atoms with Gasteiger partial charge >= 0.3 is 0 Å². The van der Waals surface area contributed by atoms with Crippen LogP contribution >= 0.6 is 0 Å². The lowest BCUT2D eigenvalue weighted by molar-refractivity contribution is -0.123. The Balaban J connectivity index is 2.23. The van der Waals surface area contributed by atoms with Crippen molar-refractivity contribution in [2.45, 2.75) is 40.2 Å². The summed E-state index contributed by atoms with van der Waals surface area (Å²) in [4.78, 5) is 21.0. The number of hydrogen-bond donors (Lipinski definition) is 1. The maximum atomic E-state index is 12.5. The Morgan fingerprint density at radius 2 is 1.90 bits per heavy atom. The highest BCUT2D eigenvalue weighted by Crippen LogP contribution is 2.20. The van der Waals surface area contributed by atoms with Crippen LogP contribution in [-0.4, -0.2) is 20.4 Å². The molecule has 2 aromatic heterocycles. The van der Waals surface area contributed by atoms with Crippen LogP contribution in [-0.2, 0) is 10.3 Å². The van der Waals surface area contributed by atoms with E-state index < -0.39 is 5.54 Å². The van der Waals surface area contributed by atoms with Crippen molar-refractivity contribution in [1.82, 2.24) is 14.5 Å². The molecule has 0 aliphatic carbocycles. The Labute approximate surface area is 119 Å². The first-order chi connectivity index (χ1) is 9.30. The quantitative estimate of drug-likeness (QED) is 0.934. The van der Waals surface area contributed by atoms with Crippen molar-refractivity contribution in [2.24, 2.45) is 0 Å². The molecule has 0 aromatic carbocycles. The number of aromatic nitrogens is 3. The van der Waals surface area contributed by atoms with Crippen LogP contribution in [0.3, 0.4) is 0 Å². The van der Waals surface area contributed by atoms with Gasteiger partial charge in [-0.3, -0.25) is 9.78 Å². The van der Waals surface area contributed by atoms with E-state index in [0.717, 1.165) is 22.8 Å². The number of imidazole rings is 1. The highest BCUT2D eigenvalue weighted by atomic mass is 16.2. The minimum absolute atomic E-state index is 0.0938. The molecule has 0 radical (unpaired) electrons. The molecule has 0 saturated carbocycles. The number of anilines is 1. The Morgan fingerprint density at radius 1 is 1.20 bits per heavy atom. The second-order valence-electron chi connectivity index (χ2n) is 5.52. The molecule has 2 rings (SSSR count). The fourth-order valence-electron chi connectivity index (χ4n) is 1.94. The third kappa shape index (κ3) is 2.71. The van der Waals surface area contributed by atoms with Crippen LogP contribution in [0.1, 0.15) is 30.9 Å². The smallest absolute Gasteiger partial charge is 0.250 e. The van der Waals surface area contributed by atoms with Gasteiger partial charge in [0, 0.05) is 11.9 Å². The molecule has 0 aliphatic rings. The van der Waals surface area contributed by atoms with Gasteiger partial charge in [-0.1, -0.05) is 0 Å². The third-order valence-electron chi connectivity index (χ3n) is 3.39. The number of hydrogen-bond acceptors (Lipinski definition) is 3. The van der Waals surface area contributed by atoms with Crippen LogP contribution in [0, 0.1) is 20.8 Å². The van der Waals surface area contributed by atoms with E-state index in [4.69, 9.17) is 0 Å². The number of carbonyl (C=O) groups is 1. The number of nitrogens with one attached hydrogen (secondary N) is 1. The maximum Gasteiger partial charge on any atom is 0.250 e. The fourth-order valence-corrected chi connectivity index (χ4v) is 1.94. The van der Waals surface area contributed by atoms with E-state index in [2.05, 4.69) is 15.3 Å². The van der Waals surface area contributed by atoms with E-state index in [1.165, 1.54) is 0 Å². The zero-order valence-corrected chi connectivity index (χ0v) is 12.6. The van der Waals surface area contributed by atoms with Crippen molar-refractivity contribution in [2.75, 3.05) is 5.32 Å². The van der Waals surface area contributed by atoms with Gasteiger partial charge in [0.15, 0.2) is 0 Å². The average molecular weight is 272 g/mol. The highest BCUT2D eigenvalue weighted by Gasteiger charge is 2.30. The molecule has 106 valence electrons. The van der Waals surface area contributed by atoms with E-state index in [1.807, 2.05) is 57.5 Å². The normalized spacial score (nSPS) is 11.4. The average Bonchev–Trinajstić information content (AvgIpc) is 2.80. The molecule has 20 heavy (non-hydrogen) atoms. The van der Waals surface area contributed by atoms with Gasteiger partial charge in [0.2, 0.25) is 5.91 Å². The summed E-state index contributed by atoms with van der Waals surface area (Å²) in [5.74, 6) is -0.0938. The van der Waals surface area contributed by atoms with Crippen LogP contribution in [0.2, 0.25) is 0 Å². The van der Waals surface area contributed by atoms with Gasteiger partial charge in [-0.05, 0) is 46.8 Å². The van der Waals surface area contributed by atoms with E-state index in [-0.39, 0.29) is 5.91 Å². The van der Waals surface area contributed by atoms with Crippen LogP contribution in [0.15, 0.2) is 24.7 Å². The molecule has 0 atom stereocenters. The standard InChI is InChI=1S/C15H20N4O/c1-10-6-7-13(12(3)17-10)18-14(20)15(4,5)19-8-11(2)16-9-19/h6-9H,1-5H3,(H,18,20). The zero-order valence-electron chi connectivity index (χ0n) is 12.6. The van der Waals surface area contributed by atoms with Gasteiger partial charge in [0.1, 0.15) is 5.54 Å². The first-order valence-electron chi connectivity index (χ1n) is 6.57. The lowest BCUT2D eigenvalue weighted by atomic mass is 10.0. The second-order valence-corrected chi connectivity index (χ2v) is 5.52. The Bertz CT molecular complexity index is 643. The fraction of sp³-hybridized carbons (Fsp3) is 0.400. The summed E-state index contributed by atoms with van der Waals surface area (Å²) in [6.45, 7) is 9.44. The van der Waals surface area contributed by atoms with Crippen molar-refractivity contribution in [3.8, 4) is 0 Å². The van der Waals surface area contributed by atoms with Crippen molar-refractivity contribution in [3.05, 3.63) is 41.7 Å². The molecule has 0 unspecified atom stereocenters. The van der Waals surface area contributed by atoms with Crippen LogP contribution in [0.5, 0.6) is 0 Å². The van der Waals surface area contributed by atoms with E-state index in [1.54, 1.807) is 6.33 Å². The van der Waals surface area contributed by atoms with Crippen LogP contribution in [0.25, 0.3) is 0 Å². The molecule has 1 N–H and O–H groups in total. The number of carbonyl (C=O) groups excluding carboxylic acids is 1. The number of aryl methyl sites for hydroxylation is 3. The minimum Gasteiger partial charge on any atom is -0.323 e. The topological polar surface area (TPSA) is 59.8 Å². The molecule has 0 fully saturated rings. The monoisotopic (exact) mass is 272 g/mol. The SMILES string of the molecule is Cc1cn(C(C)(C)C(=O)Nc2ccc(C)nc2C)cn1. The van der Waals surface area contributed by atoms with E-state index >= 15 is 0 Å². The summed E-state index contributed by atoms with van der Waals surface area (Å²) in [5, 5.41) is 2.94. The molecule has 0 bridgehead atoms. The van der Waals surface area contributed by atoms with Gasteiger partial charge in [0.25, 0.3) is 0 Å². The molecule has 5 nitrogen and oxygen atoms in total. The van der Waals surface area contributed by atoms with Gasteiger partial charge in [-0.15, -0.1) is 0 Å². The predicted molar refractivity (Wildman–Crippen MR) is 78.6 cm³/mol. The Hall–Kier alpha value is -2.17. The summed E-state index contributed by atoms with van der Waals surface area (Å²) in [6, 6.07) is 3.77. The molecular formula is C15H20N4O. The maximum absolute atomic E-state index is 12.5. The summed E-state index contributed by atoms with van der Waals surface area (Å²) in [6.07, 6.45) is 3.54. The summed E-state index contributed by atoms with van der Waals surface area (Å²) in [7, 11) is 0. The summed E-state index contributed by atoms with van der Waals surface area (Å²) >= 11 is 0. The van der Waals surface area contributed by atoms with Crippen molar-refractivity contribution in [3.63, 3.8) is 0 Å². The highest BCUT2D eigenvalue weighted by molar-refractivity contribution is 5.96. The molecule has 1 amide bonds. The van der Waals surface area contributed by atoms with Gasteiger partial charge in [-0.2, -0.15) is 0 Å². The van der Waals surface area contributed by atoms with Crippen LogP contribution in [0.4, 0.5) is 5.69 Å². The molecule has 0 saturated heterocycles. The second kappa shape index (κ2) is 5.07. The van der Waals surface area contributed by atoms with Gasteiger partial charge in [-0.25, -0.2) is 4.98 Å². The number of nitrogens with zero attached hydrogens (tertiary/aromatic N) is 3. The van der Waals surface area contributed by atoms with Gasteiger partial charge in [0.05, 0.1) is 23.4 Å². The zero-order chi connectivity index (χ0) is 14.9. The lowest BCUT2D eigenvalue weighted by Gasteiger charge is -2.25. The first-order valence-corrected chi connectivity index (χ1v) is 6.57. The summed E-state index contributed by atoms with van der Waals surface area (Å²) in [5.41, 5.74) is 2.67. The largest absolute Gasteiger partial charge is 0.323 e. The lowest BCUT2D eigenvalue weighted by Crippen LogP contribution is -2.39. The Kier molecular flexibility index (Phi) is 3.61. The molecule has 5 heteroatoms. The van der Waals surface area contributed by atoms with Crippen molar-refractivity contribution < 1.29 is 4.79 Å². The molecule has 2 heterocycles. The minimum atomic E-state index is -0.710. The molecule has 2 aromatic rings. The number of pyridine rings is 1. The third-order valence-corrected chi connectivity index (χ3v) is 3.39. The predicted octanol–water partition coefficient (Wildman–Crippen LogP) is 2.58. The molecule has 0 spiro atoms. The molecule has 0 aliphatic heterocycles. The van der Waals surface area contributed by atoms with E-state index in [9.17, 15) is 4.79 Å². The Morgan fingerprint density at radius 3 is 2.45 bits per heavy atom. The van der Waals surface area contributed by atoms with Crippen molar-refractivity contribution in [1.29, 1.82) is 0 Å². The van der Waals surface area contributed by atoms with Crippen molar-refractivity contribution >= 4 is 11.6 Å². The number of rotatable bonds is 3. The summed E-state index contributed by atoms with van der Waals surface area (Å²) < 4.78 is 1.81. The molecular weight excluding hydrogens is 252 g/mol. The van der Waals surface area contributed by atoms with Gasteiger partial charge < -0.3 is 9.88 Å². The number of amides is 1.